The number of carbonyl (C=O) groups is 2. The van der Waals surface area contributed by atoms with Crippen molar-refractivity contribution in [2.45, 2.75) is 0 Å². The fraction of sp³-hybridized carbons (Fsp3) is 0.0500. The Bertz CT molecular complexity index is 1110. The summed E-state index contributed by atoms with van der Waals surface area (Å²) in [5.41, 5.74) is 2.31. The minimum Gasteiger partial charge on any atom is -0.497 e. The highest BCUT2D eigenvalue weighted by molar-refractivity contribution is 5.95. The fourth-order valence-electron chi connectivity index (χ4n) is 2.38. The zero-order valence-corrected chi connectivity index (χ0v) is 15.6. The Labute approximate surface area is 169 Å². The number of esters is 1. The van der Waals surface area contributed by atoms with Crippen LogP contribution in [-0.2, 0) is 0 Å². The average molecular weight is 409 g/mol. The van der Waals surface area contributed by atoms with E-state index in [0.717, 1.165) is 12.3 Å². The first-order valence-corrected chi connectivity index (χ1v) is 8.49. The molecule has 0 radical (unpaired) electrons. The Morgan fingerprint density at radius 1 is 1.17 bits per heavy atom. The number of rotatable bonds is 7. The van der Waals surface area contributed by atoms with Gasteiger partial charge < -0.3 is 13.9 Å². The zero-order chi connectivity index (χ0) is 21.5. The zero-order valence-electron chi connectivity index (χ0n) is 15.6. The number of nitro benzene ring substituents is 1. The number of hydrogen-bond donors (Lipinski definition) is 1. The summed E-state index contributed by atoms with van der Waals surface area (Å²) < 4.78 is 15.4. The van der Waals surface area contributed by atoms with E-state index >= 15 is 0 Å². The van der Waals surface area contributed by atoms with Gasteiger partial charge in [-0.2, -0.15) is 5.10 Å². The van der Waals surface area contributed by atoms with Gasteiger partial charge in [0.05, 0.1) is 30.1 Å². The summed E-state index contributed by atoms with van der Waals surface area (Å²) >= 11 is 0. The third-order valence-electron chi connectivity index (χ3n) is 3.83. The third-order valence-corrected chi connectivity index (χ3v) is 3.83. The number of amides is 1. The average Bonchev–Trinajstić information content (AvgIpc) is 3.29. The Balaban J connectivity index is 1.82. The normalized spacial score (nSPS) is 10.6. The number of nitrogens with one attached hydrogen (secondary N) is 1. The van der Waals surface area contributed by atoms with Crippen molar-refractivity contribution < 1.29 is 28.4 Å². The maximum Gasteiger partial charge on any atom is 0.343 e. The second kappa shape index (κ2) is 9.15. The number of carbonyl (C=O) groups excluding carboxylic acids is 2. The molecule has 1 N–H and O–H groups in total. The van der Waals surface area contributed by atoms with Crippen molar-refractivity contribution in [3.05, 3.63) is 87.9 Å². The molecule has 1 heterocycles. The van der Waals surface area contributed by atoms with E-state index in [1.165, 1.54) is 49.8 Å². The van der Waals surface area contributed by atoms with Gasteiger partial charge in [0.25, 0.3) is 5.69 Å². The number of methoxy groups -OCH3 is 1. The maximum atomic E-state index is 12.5. The molecule has 0 unspecified atom stereocenters. The molecule has 0 bridgehead atoms. The van der Waals surface area contributed by atoms with Crippen LogP contribution >= 0.6 is 0 Å². The second-order valence-electron chi connectivity index (χ2n) is 5.78. The summed E-state index contributed by atoms with van der Waals surface area (Å²) in [6, 6.07) is 12.9. The highest BCUT2D eigenvalue weighted by Crippen LogP contribution is 2.24. The number of nitrogens with zero attached hydrogens (tertiary/aromatic N) is 2. The van der Waals surface area contributed by atoms with Crippen molar-refractivity contribution in [3.63, 3.8) is 0 Å². The topological polar surface area (TPSA) is 133 Å². The van der Waals surface area contributed by atoms with Crippen molar-refractivity contribution in [2.75, 3.05) is 7.11 Å². The van der Waals surface area contributed by atoms with E-state index in [9.17, 15) is 19.7 Å². The number of ether oxygens (including phenoxy) is 2. The molecule has 0 fully saturated rings. The summed E-state index contributed by atoms with van der Waals surface area (Å²) in [5.74, 6) is -0.788. The molecule has 152 valence electrons. The molecule has 30 heavy (non-hydrogen) atoms. The van der Waals surface area contributed by atoms with Gasteiger partial charge in [-0.3, -0.25) is 14.9 Å². The van der Waals surface area contributed by atoms with Crippen molar-refractivity contribution in [1.29, 1.82) is 0 Å². The first kappa shape index (κ1) is 20.3. The summed E-state index contributed by atoms with van der Waals surface area (Å²) in [6.07, 6.45) is 2.46. The smallest absolute Gasteiger partial charge is 0.343 e. The predicted molar refractivity (Wildman–Crippen MR) is 105 cm³/mol. The number of furan rings is 1. The van der Waals surface area contributed by atoms with Gasteiger partial charge >= 0.3 is 11.9 Å². The van der Waals surface area contributed by atoms with Gasteiger partial charge in [0, 0.05) is 17.7 Å². The Morgan fingerprint density at radius 2 is 2.00 bits per heavy atom. The second-order valence-corrected chi connectivity index (χ2v) is 5.78. The van der Waals surface area contributed by atoms with E-state index in [1.54, 1.807) is 12.1 Å². The van der Waals surface area contributed by atoms with Crippen LogP contribution in [0.5, 0.6) is 11.5 Å². The molecule has 3 aromatic rings. The van der Waals surface area contributed by atoms with Crippen molar-refractivity contribution in [3.8, 4) is 11.5 Å². The molecular weight excluding hydrogens is 394 g/mol. The molecule has 10 nitrogen and oxygen atoms in total. The van der Waals surface area contributed by atoms with Crippen LogP contribution in [0, 0.1) is 10.1 Å². The van der Waals surface area contributed by atoms with Gasteiger partial charge in [-0.1, -0.05) is 6.07 Å². The SMILES string of the molecule is COc1cccc(C(=O)Oc2ccc([N+](=O)[O-])cc2/C=N/NC(=O)c2ccco2)c1. The van der Waals surface area contributed by atoms with E-state index in [1.807, 2.05) is 0 Å². The summed E-state index contributed by atoms with van der Waals surface area (Å²) in [6.45, 7) is 0. The Hall–Kier alpha value is -4.47. The summed E-state index contributed by atoms with van der Waals surface area (Å²) in [5, 5.41) is 14.8. The lowest BCUT2D eigenvalue weighted by atomic mass is 10.2. The van der Waals surface area contributed by atoms with Gasteiger partial charge in [-0.25, -0.2) is 10.2 Å². The minimum atomic E-state index is -0.697. The lowest BCUT2D eigenvalue weighted by molar-refractivity contribution is -0.384. The lowest BCUT2D eigenvalue weighted by Gasteiger charge is -2.08. The van der Waals surface area contributed by atoms with E-state index in [2.05, 4.69) is 10.5 Å². The molecule has 3 rings (SSSR count). The van der Waals surface area contributed by atoms with Crippen LogP contribution in [0.15, 0.2) is 70.4 Å². The first-order valence-electron chi connectivity index (χ1n) is 8.49. The quantitative estimate of drug-likeness (QED) is 0.208. The molecule has 2 aromatic carbocycles. The molecule has 0 saturated carbocycles. The molecule has 0 aliphatic carbocycles. The van der Waals surface area contributed by atoms with E-state index in [0.29, 0.717) is 5.75 Å². The molecule has 0 aliphatic heterocycles. The molecule has 0 saturated heterocycles. The van der Waals surface area contributed by atoms with Crippen LogP contribution in [0.2, 0.25) is 0 Å². The number of hydrazone groups is 1. The standard InChI is InChI=1S/C20H15N3O7/c1-28-16-5-2-4-13(11-16)20(25)30-17-8-7-15(23(26)27)10-14(17)12-21-22-19(24)18-6-3-9-29-18/h2-12H,1H3,(H,22,24)/b21-12+. The third kappa shape index (κ3) is 4.87. The van der Waals surface area contributed by atoms with Crippen LogP contribution in [-0.4, -0.2) is 30.1 Å². The van der Waals surface area contributed by atoms with Gasteiger partial charge in [-0.15, -0.1) is 0 Å². The molecule has 0 atom stereocenters. The van der Waals surface area contributed by atoms with E-state index < -0.39 is 16.8 Å². The number of hydrogen-bond acceptors (Lipinski definition) is 8. The van der Waals surface area contributed by atoms with Gasteiger partial charge in [0.1, 0.15) is 11.5 Å². The van der Waals surface area contributed by atoms with Crippen molar-refractivity contribution in [1.82, 2.24) is 5.43 Å². The van der Waals surface area contributed by atoms with Crippen LogP contribution in [0.25, 0.3) is 0 Å². The Kier molecular flexibility index (Phi) is 6.18. The molecule has 1 aromatic heterocycles. The molecular formula is C20H15N3O7. The van der Waals surface area contributed by atoms with Crippen LogP contribution in [0.4, 0.5) is 5.69 Å². The molecule has 1 amide bonds. The van der Waals surface area contributed by atoms with Crippen LogP contribution < -0.4 is 14.9 Å². The largest absolute Gasteiger partial charge is 0.497 e. The maximum absolute atomic E-state index is 12.5. The molecule has 0 aliphatic rings. The van der Waals surface area contributed by atoms with Crippen molar-refractivity contribution in [2.24, 2.45) is 5.10 Å². The first-order chi connectivity index (χ1) is 14.5. The summed E-state index contributed by atoms with van der Waals surface area (Å²) in [7, 11) is 1.46. The number of nitro groups is 1. The Morgan fingerprint density at radius 3 is 2.70 bits per heavy atom. The fourth-order valence-corrected chi connectivity index (χ4v) is 2.38. The number of benzene rings is 2. The van der Waals surface area contributed by atoms with Crippen LogP contribution in [0.3, 0.4) is 0 Å². The molecule has 0 spiro atoms. The highest BCUT2D eigenvalue weighted by Gasteiger charge is 2.16. The monoisotopic (exact) mass is 409 g/mol. The predicted octanol–water partition coefficient (Wildman–Crippen LogP) is 3.18. The molecule has 10 heteroatoms. The lowest BCUT2D eigenvalue weighted by Crippen LogP contribution is -2.17. The van der Waals surface area contributed by atoms with Crippen LogP contribution in [0.1, 0.15) is 26.5 Å². The van der Waals surface area contributed by atoms with E-state index in [4.69, 9.17) is 13.9 Å². The minimum absolute atomic E-state index is 0.0180. The highest BCUT2D eigenvalue weighted by atomic mass is 16.6. The van der Waals surface area contributed by atoms with E-state index in [-0.39, 0.29) is 28.3 Å². The van der Waals surface area contributed by atoms with Gasteiger partial charge in [0.2, 0.25) is 0 Å². The number of non-ortho nitro benzene ring substituents is 1. The van der Waals surface area contributed by atoms with Gasteiger partial charge in [0.15, 0.2) is 5.76 Å². The van der Waals surface area contributed by atoms with Gasteiger partial charge in [-0.05, 0) is 36.4 Å². The summed E-state index contributed by atoms with van der Waals surface area (Å²) in [4.78, 5) is 34.8. The van der Waals surface area contributed by atoms with Crippen molar-refractivity contribution >= 4 is 23.8 Å².